The highest BCUT2D eigenvalue weighted by Crippen LogP contribution is 2.27. The highest BCUT2D eigenvalue weighted by atomic mass is 35.5. The molecule has 2 atom stereocenters. The Labute approximate surface area is 107 Å². The Balaban J connectivity index is 2.35. The normalized spacial score (nSPS) is 14.5. The minimum Gasteiger partial charge on any atom is -0.391 e. The molecular weight excluding hydrogens is 261 g/mol. The average molecular weight is 272 g/mol. The van der Waals surface area contributed by atoms with Crippen molar-refractivity contribution < 1.29 is 14.0 Å². The zero-order valence-corrected chi connectivity index (χ0v) is 10.2. The Hall–Kier alpha value is -1.50. The van der Waals surface area contributed by atoms with Crippen molar-refractivity contribution >= 4 is 11.6 Å². The van der Waals surface area contributed by atoms with Crippen LogP contribution in [0.25, 0.3) is 11.4 Å². The van der Waals surface area contributed by atoms with Crippen LogP contribution in [0.1, 0.15) is 18.9 Å². The summed E-state index contributed by atoms with van der Waals surface area (Å²) in [5.74, 6) is -0.153. The second kappa shape index (κ2) is 5.01. The standard InChI is InChI=1S/C11H11ClFN3O2/c1-5(17)9(14)11-15-10(16-18-11)7-3-2-6(13)4-8(7)12/h2-5,9,17H,14H2,1H3/t5-,9+/m1/s1. The van der Waals surface area contributed by atoms with E-state index in [-0.39, 0.29) is 16.7 Å². The van der Waals surface area contributed by atoms with Gasteiger partial charge in [0.2, 0.25) is 11.7 Å². The number of nitrogens with two attached hydrogens (primary N) is 1. The molecule has 18 heavy (non-hydrogen) atoms. The average Bonchev–Trinajstić information content (AvgIpc) is 2.77. The van der Waals surface area contributed by atoms with Gasteiger partial charge >= 0.3 is 0 Å². The number of hydrogen-bond donors (Lipinski definition) is 2. The van der Waals surface area contributed by atoms with Crippen molar-refractivity contribution in [2.75, 3.05) is 0 Å². The predicted molar refractivity (Wildman–Crippen MR) is 63.3 cm³/mol. The molecule has 0 radical (unpaired) electrons. The molecule has 0 aliphatic rings. The monoisotopic (exact) mass is 271 g/mol. The Kier molecular flexibility index (Phi) is 3.60. The zero-order chi connectivity index (χ0) is 13.3. The first kappa shape index (κ1) is 12.9. The topological polar surface area (TPSA) is 85.2 Å². The lowest BCUT2D eigenvalue weighted by atomic mass is 10.2. The van der Waals surface area contributed by atoms with Crippen LogP contribution in [-0.2, 0) is 0 Å². The van der Waals surface area contributed by atoms with Crippen molar-refractivity contribution in [3.8, 4) is 11.4 Å². The summed E-state index contributed by atoms with van der Waals surface area (Å²) in [4.78, 5) is 4.02. The van der Waals surface area contributed by atoms with Crippen LogP contribution in [0.5, 0.6) is 0 Å². The maximum atomic E-state index is 12.9. The van der Waals surface area contributed by atoms with Gasteiger partial charge in [-0.05, 0) is 25.1 Å². The van der Waals surface area contributed by atoms with E-state index in [2.05, 4.69) is 10.1 Å². The second-order valence-electron chi connectivity index (χ2n) is 3.85. The molecule has 0 aliphatic carbocycles. The fraction of sp³-hybridized carbons (Fsp3) is 0.273. The van der Waals surface area contributed by atoms with Crippen molar-refractivity contribution in [2.45, 2.75) is 19.1 Å². The summed E-state index contributed by atoms with van der Waals surface area (Å²) >= 11 is 5.87. The Morgan fingerprint density at radius 3 is 2.83 bits per heavy atom. The summed E-state index contributed by atoms with van der Waals surface area (Å²) < 4.78 is 17.8. The highest BCUT2D eigenvalue weighted by molar-refractivity contribution is 6.33. The van der Waals surface area contributed by atoms with E-state index in [1.54, 1.807) is 0 Å². The first-order valence-corrected chi connectivity index (χ1v) is 5.59. The summed E-state index contributed by atoms with van der Waals surface area (Å²) in [5.41, 5.74) is 6.09. The molecule has 0 spiro atoms. The van der Waals surface area contributed by atoms with Crippen molar-refractivity contribution in [1.29, 1.82) is 0 Å². The van der Waals surface area contributed by atoms with E-state index in [0.717, 1.165) is 6.07 Å². The molecule has 1 aromatic heterocycles. The molecule has 0 amide bonds. The van der Waals surface area contributed by atoms with Crippen LogP contribution in [0, 0.1) is 5.82 Å². The van der Waals surface area contributed by atoms with Gasteiger partial charge < -0.3 is 15.4 Å². The third-order valence-corrected chi connectivity index (χ3v) is 2.73. The number of aliphatic hydroxyl groups is 1. The molecule has 0 saturated carbocycles. The maximum absolute atomic E-state index is 12.9. The molecule has 1 aromatic carbocycles. The van der Waals surface area contributed by atoms with Crippen LogP contribution in [0.15, 0.2) is 22.7 Å². The second-order valence-corrected chi connectivity index (χ2v) is 4.25. The third-order valence-electron chi connectivity index (χ3n) is 2.42. The molecule has 0 aliphatic heterocycles. The minimum absolute atomic E-state index is 0.0976. The van der Waals surface area contributed by atoms with Gasteiger partial charge in [0.05, 0.1) is 11.1 Å². The number of halogens is 2. The molecule has 96 valence electrons. The molecule has 7 heteroatoms. The summed E-state index contributed by atoms with van der Waals surface area (Å²) in [7, 11) is 0. The van der Waals surface area contributed by atoms with Gasteiger partial charge in [0.15, 0.2) is 0 Å². The number of hydrogen-bond acceptors (Lipinski definition) is 5. The lowest BCUT2D eigenvalue weighted by Gasteiger charge is -2.08. The number of nitrogens with zero attached hydrogens (tertiary/aromatic N) is 2. The van der Waals surface area contributed by atoms with Gasteiger partial charge in [-0.15, -0.1) is 0 Å². The lowest BCUT2D eigenvalue weighted by Crippen LogP contribution is -2.23. The number of aliphatic hydroxyl groups excluding tert-OH is 1. The fourth-order valence-electron chi connectivity index (χ4n) is 1.36. The Morgan fingerprint density at radius 2 is 2.22 bits per heavy atom. The lowest BCUT2D eigenvalue weighted by molar-refractivity contribution is 0.146. The quantitative estimate of drug-likeness (QED) is 0.891. The van der Waals surface area contributed by atoms with Gasteiger partial charge in [-0.25, -0.2) is 4.39 Å². The molecule has 5 nitrogen and oxygen atoms in total. The van der Waals surface area contributed by atoms with Crippen LogP contribution < -0.4 is 5.73 Å². The van der Waals surface area contributed by atoms with Crippen LogP contribution in [0.3, 0.4) is 0 Å². The van der Waals surface area contributed by atoms with Gasteiger partial charge in [0, 0.05) is 5.56 Å². The zero-order valence-electron chi connectivity index (χ0n) is 9.47. The van der Waals surface area contributed by atoms with E-state index >= 15 is 0 Å². The molecule has 2 aromatic rings. The van der Waals surface area contributed by atoms with E-state index in [9.17, 15) is 9.50 Å². The van der Waals surface area contributed by atoms with Crippen molar-refractivity contribution in [3.05, 3.63) is 34.9 Å². The predicted octanol–water partition coefficient (Wildman–Crippen LogP) is 1.91. The molecular formula is C11H11ClFN3O2. The largest absolute Gasteiger partial charge is 0.391 e. The van der Waals surface area contributed by atoms with E-state index in [1.807, 2.05) is 0 Å². The van der Waals surface area contributed by atoms with Gasteiger partial charge in [-0.3, -0.25) is 0 Å². The van der Waals surface area contributed by atoms with Crippen molar-refractivity contribution in [1.82, 2.24) is 10.1 Å². The summed E-state index contributed by atoms with van der Waals surface area (Å²) in [6.45, 7) is 1.51. The SMILES string of the molecule is C[C@@H](O)[C@H](N)c1nc(-c2ccc(F)cc2Cl)no1. The summed E-state index contributed by atoms with van der Waals surface area (Å²) in [6, 6.07) is 3.07. The molecule has 1 heterocycles. The Morgan fingerprint density at radius 1 is 1.50 bits per heavy atom. The van der Waals surface area contributed by atoms with Crippen molar-refractivity contribution in [3.63, 3.8) is 0 Å². The van der Waals surface area contributed by atoms with E-state index in [0.29, 0.717) is 5.56 Å². The summed E-state index contributed by atoms with van der Waals surface area (Å²) in [5, 5.41) is 13.2. The van der Waals surface area contributed by atoms with Gasteiger partial charge in [0.25, 0.3) is 0 Å². The first-order valence-electron chi connectivity index (χ1n) is 5.21. The maximum Gasteiger partial charge on any atom is 0.246 e. The van der Waals surface area contributed by atoms with Gasteiger partial charge in [0.1, 0.15) is 11.9 Å². The van der Waals surface area contributed by atoms with Crippen LogP contribution in [-0.4, -0.2) is 21.4 Å². The smallest absolute Gasteiger partial charge is 0.246 e. The van der Waals surface area contributed by atoms with Gasteiger partial charge in [-0.1, -0.05) is 16.8 Å². The molecule has 2 rings (SSSR count). The van der Waals surface area contributed by atoms with Gasteiger partial charge in [-0.2, -0.15) is 4.98 Å². The van der Waals surface area contributed by atoms with Crippen LogP contribution in [0.2, 0.25) is 5.02 Å². The number of aromatic nitrogens is 2. The van der Waals surface area contributed by atoms with Crippen LogP contribution in [0.4, 0.5) is 4.39 Å². The van der Waals surface area contributed by atoms with E-state index < -0.39 is 18.0 Å². The highest BCUT2D eigenvalue weighted by Gasteiger charge is 2.20. The molecule has 0 bridgehead atoms. The molecule has 0 saturated heterocycles. The number of benzene rings is 1. The fourth-order valence-corrected chi connectivity index (χ4v) is 1.61. The van der Waals surface area contributed by atoms with Crippen molar-refractivity contribution in [2.24, 2.45) is 5.73 Å². The van der Waals surface area contributed by atoms with E-state index in [4.69, 9.17) is 21.9 Å². The first-order chi connectivity index (χ1) is 8.49. The molecule has 0 unspecified atom stereocenters. The summed E-state index contributed by atoms with van der Waals surface area (Å²) in [6.07, 6.45) is -0.818. The number of rotatable bonds is 3. The third kappa shape index (κ3) is 2.50. The molecule has 3 N–H and O–H groups in total. The minimum atomic E-state index is -0.818. The van der Waals surface area contributed by atoms with E-state index in [1.165, 1.54) is 19.1 Å². The molecule has 0 fully saturated rings. The van der Waals surface area contributed by atoms with Crippen LogP contribution >= 0.6 is 11.6 Å². The Bertz CT molecular complexity index is 559.